The summed E-state index contributed by atoms with van der Waals surface area (Å²) in [7, 11) is 0. The highest BCUT2D eigenvalue weighted by atomic mass is 15.2. The number of likely N-dealkylation sites (tertiary alicyclic amines) is 1. The quantitative estimate of drug-likeness (QED) is 0.721. The number of hydrogen-bond acceptors (Lipinski definition) is 1. The topological polar surface area (TPSA) is 3.24 Å². The van der Waals surface area contributed by atoms with Crippen LogP contribution in [-0.4, -0.2) is 17.5 Å². The van der Waals surface area contributed by atoms with E-state index in [1.165, 1.54) is 31.4 Å². The minimum Gasteiger partial charge on any atom is -0.295 e. The molecular weight excluding hydrogens is 254 g/mol. The van der Waals surface area contributed by atoms with Crippen LogP contribution in [0.2, 0.25) is 0 Å². The number of benzene rings is 1. The summed E-state index contributed by atoms with van der Waals surface area (Å²) >= 11 is 0. The lowest BCUT2D eigenvalue weighted by Crippen LogP contribution is -2.55. The Kier molecular flexibility index (Phi) is 3.41. The largest absolute Gasteiger partial charge is 0.295 e. The minimum absolute atomic E-state index is 0.819. The molecule has 21 heavy (non-hydrogen) atoms. The lowest BCUT2D eigenvalue weighted by molar-refractivity contribution is -0.0117. The summed E-state index contributed by atoms with van der Waals surface area (Å²) < 4.78 is 0. The molecule has 1 saturated heterocycles. The predicted octanol–water partition coefficient (Wildman–Crippen LogP) is 4.50. The van der Waals surface area contributed by atoms with Gasteiger partial charge >= 0.3 is 0 Å². The first-order valence-corrected chi connectivity index (χ1v) is 8.67. The second-order valence-corrected chi connectivity index (χ2v) is 7.73. The number of nitrogens with zero attached hydrogens (tertiary/aromatic N) is 1. The van der Waals surface area contributed by atoms with Crippen LogP contribution < -0.4 is 0 Å². The fraction of sp³-hybridized carbons (Fsp3) is 0.600. The Morgan fingerprint density at radius 3 is 2.71 bits per heavy atom. The molecule has 0 N–H and O–H groups in total. The Morgan fingerprint density at radius 2 is 1.90 bits per heavy atom. The third-order valence-electron chi connectivity index (χ3n) is 6.19. The zero-order valence-electron chi connectivity index (χ0n) is 13.3. The molecule has 1 unspecified atom stereocenters. The van der Waals surface area contributed by atoms with Gasteiger partial charge in [-0.25, -0.2) is 0 Å². The summed E-state index contributed by atoms with van der Waals surface area (Å²) in [5.41, 5.74) is 3.15. The van der Waals surface area contributed by atoms with Crippen LogP contribution >= 0.6 is 0 Å². The first kappa shape index (κ1) is 13.6. The van der Waals surface area contributed by atoms with Crippen LogP contribution in [0.5, 0.6) is 0 Å². The number of rotatable bonds is 2. The molecule has 2 fully saturated rings. The van der Waals surface area contributed by atoms with Gasteiger partial charge in [-0.2, -0.15) is 0 Å². The molecule has 0 radical (unpaired) electrons. The highest BCUT2D eigenvalue weighted by molar-refractivity contribution is 5.20. The van der Waals surface area contributed by atoms with E-state index in [2.05, 4.69) is 55.2 Å². The van der Waals surface area contributed by atoms with Crippen molar-refractivity contribution in [3.63, 3.8) is 0 Å². The Bertz CT molecular complexity index is 532. The molecule has 3 aliphatic rings. The molecule has 1 heteroatoms. The van der Waals surface area contributed by atoms with E-state index >= 15 is 0 Å². The molecule has 0 amide bonds. The summed E-state index contributed by atoms with van der Waals surface area (Å²) in [6.07, 6.45) is 6.93. The average Bonchev–Trinajstić information content (AvgIpc) is 2.48. The van der Waals surface area contributed by atoms with Crippen LogP contribution in [0.15, 0.2) is 42.0 Å². The van der Waals surface area contributed by atoms with Crippen molar-refractivity contribution in [2.45, 2.75) is 45.7 Å². The van der Waals surface area contributed by atoms with E-state index in [4.69, 9.17) is 0 Å². The molecular formula is C20H27N. The summed E-state index contributed by atoms with van der Waals surface area (Å²) in [5, 5.41) is 0. The monoisotopic (exact) mass is 281 g/mol. The van der Waals surface area contributed by atoms with Crippen molar-refractivity contribution in [2.75, 3.05) is 6.54 Å². The van der Waals surface area contributed by atoms with Crippen molar-refractivity contribution in [3.8, 4) is 0 Å². The van der Waals surface area contributed by atoms with Gasteiger partial charge in [0.05, 0.1) is 0 Å². The summed E-state index contributed by atoms with van der Waals surface area (Å²) in [4.78, 5) is 2.81. The normalized spacial score (nSPS) is 39.0. The van der Waals surface area contributed by atoms with Crippen molar-refractivity contribution in [3.05, 3.63) is 47.5 Å². The molecule has 2 bridgehead atoms. The van der Waals surface area contributed by atoms with Gasteiger partial charge < -0.3 is 0 Å². The lowest BCUT2D eigenvalue weighted by atomic mass is 9.61. The van der Waals surface area contributed by atoms with Crippen LogP contribution in [0, 0.1) is 23.7 Å². The Balaban J connectivity index is 1.62. The van der Waals surface area contributed by atoms with E-state index in [-0.39, 0.29) is 0 Å². The second kappa shape index (κ2) is 5.28. The molecule has 0 aromatic heterocycles. The highest BCUT2D eigenvalue weighted by Gasteiger charge is 2.45. The highest BCUT2D eigenvalue weighted by Crippen LogP contribution is 2.49. The number of hydrogen-bond donors (Lipinski definition) is 0. The van der Waals surface area contributed by atoms with Crippen LogP contribution in [-0.2, 0) is 6.54 Å². The maximum atomic E-state index is 2.81. The van der Waals surface area contributed by atoms with Crippen LogP contribution in [0.3, 0.4) is 0 Å². The average molecular weight is 281 g/mol. The standard InChI is InChI=1S/C20H27N/c1-14-8-17-10-15(2)18-11-19(17)20(9-14)21(13-18)12-16-6-4-3-5-7-16/h3-7,10,14,17-20H,8-9,11-13H2,1-2H3/t14-,17+,18?,19-,20+/m1/s1. The molecule has 4 rings (SSSR count). The molecule has 0 spiro atoms. The number of piperidine rings is 1. The molecule has 2 aliphatic carbocycles. The minimum atomic E-state index is 0.819. The predicted molar refractivity (Wildman–Crippen MR) is 87.9 cm³/mol. The van der Waals surface area contributed by atoms with Crippen LogP contribution in [0.4, 0.5) is 0 Å². The summed E-state index contributed by atoms with van der Waals surface area (Å²) in [6, 6.07) is 11.9. The van der Waals surface area contributed by atoms with E-state index in [9.17, 15) is 0 Å². The van der Waals surface area contributed by atoms with Crippen molar-refractivity contribution >= 4 is 0 Å². The molecule has 5 atom stereocenters. The SMILES string of the molecule is CC1=C[C@@H]2C[C@@H](C)C[C@H]3[C@@H]2CC1CN3Cc1ccccc1. The van der Waals surface area contributed by atoms with E-state index in [1.54, 1.807) is 5.57 Å². The molecule has 1 heterocycles. The van der Waals surface area contributed by atoms with E-state index in [1.807, 2.05) is 0 Å². The van der Waals surface area contributed by atoms with Gasteiger partial charge in [0.15, 0.2) is 0 Å². The van der Waals surface area contributed by atoms with Crippen LogP contribution in [0.25, 0.3) is 0 Å². The van der Waals surface area contributed by atoms with E-state index < -0.39 is 0 Å². The Morgan fingerprint density at radius 1 is 1.10 bits per heavy atom. The van der Waals surface area contributed by atoms with Crippen molar-refractivity contribution in [1.82, 2.24) is 4.90 Å². The maximum absolute atomic E-state index is 2.81. The first-order valence-electron chi connectivity index (χ1n) is 8.67. The Labute approximate surface area is 129 Å². The second-order valence-electron chi connectivity index (χ2n) is 7.73. The molecule has 1 saturated carbocycles. The molecule has 1 aliphatic heterocycles. The third kappa shape index (κ3) is 2.46. The van der Waals surface area contributed by atoms with Gasteiger partial charge in [0.25, 0.3) is 0 Å². The van der Waals surface area contributed by atoms with Gasteiger partial charge in [-0.15, -0.1) is 0 Å². The molecule has 1 nitrogen and oxygen atoms in total. The van der Waals surface area contributed by atoms with Gasteiger partial charge in [-0.1, -0.05) is 48.9 Å². The number of allylic oxidation sites excluding steroid dienone is 1. The number of fused-ring (bicyclic) bond motifs is 1. The third-order valence-corrected chi connectivity index (χ3v) is 6.19. The lowest BCUT2D eigenvalue weighted by Gasteiger charge is -2.54. The molecule has 1 aromatic rings. The van der Waals surface area contributed by atoms with Crippen molar-refractivity contribution in [1.29, 1.82) is 0 Å². The fourth-order valence-electron chi connectivity index (χ4n) is 5.18. The van der Waals surface area contributed by atoms with Gasteiger partial charge in [-0.05, 0) is 55.4 Å². The van der Waals surface area contributed by atoms with Gasteiger partial charge in [0.1, 0.15) is 0 Å². The summed E-state index contributed by atoms with van der Waals surface area (Å²) in [6.45, 7) is 7.25. The maximum Gasteiger partial charge on any atom is 0.0237 e. The molecule has 112 valence electrons. The van der Waals surface area contributed by atoms with Crippen LogP contribution in [0.1, 0.15) is 38.7 Å². The zero-order valence-corrected chi connectivity index (χ0v) is 13.3. The van der Waals surface area contributed by atoms with Gasteiger partial charge in [0, 0.05) is 19.1 Å². The van der Waals surface area contributed by atoms with Crippen molar-refractivity contribution < 1.29 is 0 Å². The van der Waals surface area contributed by atoms with Crippen molar-refractivity contribution in [2.24, 2.45) is 23.7 Å². The zero-order chi connectivity index (χ0) is 14.4. The van der Waals surface area contributed by atoms with Gasteiger partial charge in [0.2, 0.25) is 0 Å². The smallest absolute Gasteiger partial charge is 0.0237 e. The first-order chi connectivity index (χ1) is 10.2. The fourth-order valence-corrected chi connectivity index (χ4v) is 5.18. The molecule has 1 aromatic carbocycles. The van der Waals surface area contributed by atoms with E-state index in [0.29, 0.717) is 0 Å². The Hall–Kier alpha value is -1.08. The van der Waals surface area contributed by atoms with Gasteiger partial charge in [-0.3, -0.25) is 4.90 Å². The summed E-state index contributed by atoms with van der Waals surface area (Å²) in [5.74, 6) is 3.48. The van der Waals surface area contributed by atoms with E-state index in [0.717, 1.165) is 36.3 Å².